The zero-order chi connectivity index (χ0) is 7.68. The van der Waals surface area contributed by atoms with Crippen molar-refractivity contribution < 1.29 is 0 Å². The van der Waals surface area contributed by atoms with Gasteiger partial charge in [-0.05, 0) is 5.92 Å². The molecule has 0 aliphatic heterocycles. The standard InChI is InChI=1S/C7H12N4/c8-7-9-6(10-11-7)4-5-2-1-3-5/h5H,1-4H2,(H3,8,9,10,11). The number of anilines is 1. The van der Waals surface area contributed by atoms with Gasteiger partial charge in [0.05, 0.1) is 0 Å². The van der Waals surface area contributed by atoms with Crippen molar-refractivity contribution >= 4 is 5.95 Å². The third-order valence-corrected chi connectivity index (χ3v) is 2.26. The van der Waals surface area contributed by atoms with E-state index in [-0.39, 0.29) is 0 Å². The van der Waals surface area contributed by atoms with Crippen molar-refractivity contribution in [2.24, 2.45) is 5.92 Å². The van der Waals surface area contributed by atoms with E-state index in [4.69, 9.17) is 5.73 Å². The topological polar surface area (TPSA) is 67.6 Å². The summed E-state index contributed by atoms with van der Waals surface area (Å²) >= 11 is 0. The summed E-state index contributed by atoms with van der Waals surface area (Å²) in [6.07, 6.45) is 5.06. The number of nitrogens with zero attached hydrogens (tertiary/aromatic N) is 2. The fourth-order valence-corrected chi connectivity index (χ4v) is 1.37. The first-order valence-electron chi connectivity index (χ1n) is 4.01. The Hall–Kier alpha value is -1.06. The van der Waals surface area contributed by atoms with E-state index in [9.17, 15) is 0 Å². The van der Waals surface area contributed by atoms with Crippen LogP contribution in [0.4, 0.5) is 5.95 Å². The number of hydrogen-bond donors (Lipinski definition) is 2. The number of aromatic amines is 1. The Kier molecular flexibility index (Phi) is 1.52. The van der Waals surface area contributed by atoms with Crippen LogP contribution in [0, 0.1) is 5.92 Å². The molecule has 0 aromatic carbocycles. The van der Waals surface area contributed by atoms with E-state index in [0.29, 0.717) is 5.95 Å². The van der Waals surface area contributed by atoms with Gasteiger partial charge in [0, 0.05) is 6.42 Å². The van der Waals surface area contributed by atoms with Crippen molar-refractivity contribution in [1.82, 2.24) is 15.2 Å². The van der Waals surface area contributed by atoms with Crippen molar-refractivity contribution in [3.63, 3.8) is 0 Å². The van der Waals surface area contributed by atoms with Crippen molar-refractivity contribution in [2.75, 3.05) is 5.73 Å². The third kappa shape index (κ3) is 1.34. The summed E-state index contributed by atoms with van der Waals surface area (Å²) in [6.45, 7) is 0. The highest BCUT2D eigenvalue weighted by molar-refractivity contribution is 5.12. The van der Waals surface area contributed by atoms with E-state index < -0.39 is 0 Å². The first kappa shape index (κ1) is 6.64. The van der Waals surface area contributed by atoms with Crippen LogP contribution < -0.4 is 5.73 Å². The number of nitrogens with two attached hydrogens (primary N) is 1. The molecule has 1 aromatic rings. The zero-order valence-corrected chi connectivity index (χ0v) is 6.38. The van der Waals surface area contributed by atoms with Gasteiger partial charge in [0.15, 0.2) is 0 Å². The normalized spacial score (nSPS) is 18.2. The lowest BCUT2D eigenvalue weighted by Crippen LogP contribution is -2.14. The second kappa shape index (κ2) is 2.53. The van der Waals surface area contributed by atoms with Crippen LogP contribution in [0.25, 0.3) is 0 Å². The van der Waals surface area contributed by atoms with E-state index in [0.717, 1.165) is 18.2 Å². The minimum Gasteiger partial charge on any atom is -0.367 e. The molecule has 0 bridgehead atoms. The minimum absolute atomic E-state index is 0.360. The molecule has 11 heavy (non-hydrogen) atoms. The Morgan fingerprint density at radius 2 is 2.36 bits per heavy atom. The molecular formula is C7H12N4. The molecule has 0 amide bonds. The molecule has 0 atom stereocenters. The van der Waals surface area contributed by atoms with Crippen LogP contribution in [-0.2, 0) is 6.42 Å². The average molecular weight is 152 g/mol. The van der Waals surface area contributed by atoms with Gasteiger partial charge >= 0.3 is 0 Å². The van der Waals surface area contributed by atoms with Crippen LogP contribution >= 0.6 is 0 Å². The summed E-state index contributed by atoms with van der Waals surface area (Å²) in [5.74, 6) is 2.12. The number of H-pyrrole nitrogens is 1. The highest BCUT2D eigenvalue weighted by Crippen LogP contribution is 2.28. The zero-order valence-electron chi connectivity index (χ0n) is 6.38. The molecule has 4 heteroatoms. The van der Waals surface area contributed by atoms with Gasteiger partial charge in [-0.1, -0.05) is 19.3 Å². The number of aromatic nitrogens is 3. The fraction of sp³-hybridized carbons (Fsp3) is 0.714. The monoisotopic (exact) mass is 152 g/mol. The van der Waals surface area contributed by atoms with Crippen LogP contribution in [-0.4, -0.2) is 15.2 Å². The van der Waals surface area contributed by atoms with E-state index in [1.54, 1.807) is 0 Å². The van der Waals surface area contributed by atoms with Crippen LogP contribution in [0.2, 0.25) is 0 Å². The summed E-state index contributed by atoms with van der Waals surface area (Å²) in [5.41, 5.74) is 5.36. The van der Waals surface area contributed by atoms with Crippen LogP contribution in [0.5, 0.6) is 0 Å². The lowest BCUT2D eigenvalue weighted by molar-refractivity contribution is 0.309. The Labute approximate surface area is 65.2 Å². The van der Waals surface area contributed by atoms with Gasteiger partial charge < -0.3 is 5.73 Å². The van der Waals surface area contributed by atoms with E-state index in [1.165, 1.54) is 19.3 Å². The van der Waals surface area contributed by atoms with Gasteiger partial charge in [-0.2, -0.15) is 4.98 Å². The second-order valence-corrected chi connectivity index (χ2v) is 3.14. The first-order chi connectivity index (χ1) is 5.34. The van der Waals surface area contributed by atoms with Gasteiger partial charge in [-0.25, -0.2) is 0 Å². The van der Waals surface area contributed by atoms with Gasteiger partial charge in [0.2, 0.25) is 5.95 Å². The van der Waals surface area contributed by atoms with Gasteiger partial charge in [-0.3, -0.25) is 5.10 Å². The molecule has 4 nitrogen and oxygen atoms in total. The summed E-state index contributed by atoms with van der Waals surface area (Å²) in [5, 5.41) is 6.59. The predicted octanol–water partition coefficient (Wildman–Crippen LogP) is 0.729. The lowest BCUT2D eigenvalue weighted by Gasteiger charge is -2.23. The molecule has 0 spiro atoms. The maximum absolute atomic E-state index is 5.36. The number of nitrogen functional groups attached to an aromatic ring is 1. The molecule has 60 valence electrons. The van der Waals surface area contributed by atoms with E-state index in [2.05, 4.69) is 15.2 Å². The first-order valence-corrected chi connectivity index (χ1v) is 4.01. The molecule has 0 saturated heterocycles. The summed E-state index contributed by atoms with van der Waals surface area (Å²) in [6, 6.07) is 0. The van der Waals surface area contributed by atoms with Crippen molar-refractivity contribution in [2.45, 2.75) is 25.7 Å². The van der Waals surface area contributed by atoms with E-state index in [1.807, 2.05) is 0 Å². The SMILES string of the molecule is Nc1n[nH]c(CC2CCC2)n1. The summed E-state index contributed by atoms with van der Waals surface area (Å²) < 4.78 is 0. The molecule has 1 saturated carbocycles. The summed E-state index contributed by atoms with van der Waals surface area (Å²) in [7, 11) is 0. The maximum Gasteiger partial charge on any atom is 0.239 e. The molecule has 1 aliphatic rings. The number of nitrogens with one attached hydrogen (secondary N) is 1. The average Bonchev–Trinajstić information content (AvgIpc) is 2.27. The highest BCUT2D eigenvalue weighted by atomic mass is 15.3. The van der Waals surface area contributed by atoms with Crippen LogP contribution in [0.1, 0.15) is 25.1 Å². The molecule has 1 aliphatic carbocycles. The smallest absolute Gasteiger partial charge is 0.239 e. The Balaban J connectivity index is 1.95. The molecule has 1 aromatic heterocycles. The van der Waals surface area contributed by atoms with Crippen LogP contribution in [0.3, 0.4) is 0 Å². The van der Waals surface area contributed by atoms with Gasteiger partial charge in [0.25, 0.3) is 0 Å². The molecule has 0 unspecified atom stereocenters. The Morgan fingerprint density at radius 1 is 1.55 bits per heavy atom. The number of hydrogen-bond acceptors (Lipinski definition) is 3. The molecular weight excluding hydrogens is 140 g/mol. The van der Waals surface area contributed by atoms with Crippen molar-refractivity contribution in [1.29, 1.82) is 0 Å². The number of rotatable bonds is 2. The predicted molar refractivity (Wildman–Crippen MR) is 41.8 cm³/mol. The minimum atomic E-state index is 0.360. The molecule has 1 fully saturated rings. The highest BCUT2D eigenvalue weighted by Gasteiger charge is 2.18. The van der Waals surface area contributed by atoms with Crippen molar-refractivity contribution in [3.05, 3.63) is 5.82 Å². The quantitative estimate of drug-likeness (QED) is 0.656. The van der Waals surface area contributed by atoms with Gasteiger partial charge in [-0.15, -0.1) is 5.10 Å². The second-order valence-electron chi connectivity index (χ2n) is 3.14. The third-order valence-electron chi connectivity index (χ3n) is 2.26. The fourth-order valence-electron chi connectivity index (χ4n) is 1.37. The largest absolute Gasteiger partial charge is 0.367 e. The molecule has 0 radical (unpaired) electrons. The molecule has 3 N–H and O–H groups in total. The maximum atomic E-state index is 5.36. The summed E-state index contributed by atoms with van der Waals surface area (Å²) in [4.78, 5) is 4.04. The Bertz CT molecular complexity index is 238. The van der Waals surface area contributed by atoms with Crippen LogP contribution in [0.15, 0.2) is 0 Å². The Morgan fingerprint density at radius 3 is 2.82 bits per heavy atom. The van der Waals surface area contributed by atoms with Crippen molar-refractivity contribution in [3.8, 4) is 0 Å². The molecule has 2 rings (SSSR count). The van der Waals surface area contributed by atoms with Gasteiger partial charge in [0.1, 0.15) is 5.82 Å². The molecule has 1 heterocycles. The lowest BCUT2D eigenvalue weighted by atomic mass is 9.83. The van der Waals surface area contributed by atoms with E-state index >= 15 is 0 Å².